The first-order chi connectivity index (χ1) is 13.6. The van der Waals surface area contributed by atoms with Gasteiger partial charge in [0, 0.05) is 25.2 Å². The lowest BCUT2D eigenvalue weighted by Crippen LogP contribution is -2.42. The molecule has 1 amide bonds. The Morgan fingerprint density at radius 1 is 1.25 bits per heavy atom. The molecule has 1 saturated heterocycles. The largest absolute Gasteiger partial charge is 0.481 e. The van der Waals surface area contributed by atoms with Crippen LogP contribution in [0.2, 0.25) is 0 Å². The standard InChI is InChI=1S/C21H22N4O3/c1-2-25-19-17(12-22-25)16(11-18(23-19)14-7-4-3-5-8-14)20(26)24-10-6-9-15(13-24)21(27)28/h3-5,7-8,11-12,15H,2,6,9-10,13H2,1H3,(H,27,28)/t15-/m0/s1. The van der Waals surface area contributed by atoms with Gasteiger partial charge in [-0.05, 0) is 25.8 Å². The van der Waals surface area contributed by atoms with Gasteiger partial charge in [0.1, 0.15) is 0 Å². The molecule has 3 aromatic rings. The molecule has 7 nitrogen and oxygen atoms in total. The monoisotopic (exact) mass is 378 g/mol. The fraction of sp³-hybridized carbons (Fsp3) is 0.333. The van der Waals surface area contributed by atoms with Crippen LogP contribution in [0.5, 0.6) is 0 Å². The van der Waals surface area contributed by atoms with Crippen LogP contribution in [0, 0.1) is 5.92 Å². The summed E-state index contributed by atoms with van der Waals surface area (Å²) >= 11 is 0. The van der Waals surface area contributed by atoms with Crippen molar-refractivity contribution >= 4 is 22.9 Å². The van der Waals surface area contributed by atoms with Gasteiger partial charge in [-0.1, -0.05) is 30.3 Å². The second-order valence-electron chi connectivity index (χ2n) is 7.05. The second-order valence-corrected chi connectivity index (χ2v) is 7.05. The first-order valence-corrected chi connectivity index (χ1v) is 9.52. The smallest absolute Gasteiger partial charge is 0.308 e. The summed E-state index contributed by atoms with van der Waals surface area (Å²) in [6.07, 6.45) is 2.97. The van der Waals surface area contributed by atoms with Crippen LogP contribution in [0.3, 0.4) is 0 Å². The molecule has 144 valence electrons. The molecule has 2 aromatic heterocycles. The highest BCUT2D eigenvalue weighted by molar-refractivity contribution is 6.06. The maximum atomic E-state index is 13.3. The number of fused-ring (bicyclic) bond motifs is 1. The normalized spacial score (nSPS) is 17.0. The Labute approximate surface area is 162 Å². The lowest BCUT2D eigenvalue weighted by atomic mass is 9.97. The Bertz CT molecular complexity index is 1030. The minimum Gasteiger partial charge on any atom is -0.481 e. The number of aromatic nitrogens is 3. The summed E-state index contributed by atoms with van der Waals surface area (Å²) < 4.78 is 1.77. The Hall–Kier alpha value is -3.22. The predicted octanol–water partition coefficient (Wildman–Crippen LogP) is 3.06. The van der Waals surface area contributed by atoms with Crippen LogP contribution in [0.25, 0.3) is 22.3 Å². The van der Waals surface area contributed by atoms with Crippen molar-refractivity contribution < 1.29 is 14.7 Å². The molecule has 1 aromatic carbocycles. The van der Waals surface area contributed by atoms with E-state index in [9.17, 15) is 14.7 Å². The Morgan fingerprint density at radius 2 is 2.04 bits per heavy atom. The SMILES string of the molecule is CCn1ncc2c(C(=O)N3CCC[C@H](C(=O)O)C3)cc(-c3ccccc3)nc21. The fourth-order valence-corrected chi connectivity index (χ4v) is 3.75. The molecule has 0 spiro atoms. The Morgan fingerprint density at radius 3 is 2.75 bits per heavy atom. The van der Waals surface area contributed by atoms with Crippen molar-refractivity contribution in [2.24, 2.45) is 5.92 Å². The summed E-state index contributed by atoms with van der Waals surface area (Å²) in [4.78, 5) is 31.1. The maximum absolute atomic E-state index is 13.3. The molecular formula is C21H22N4O3. The molecule has 7 heteroatoms. The van der Waals surface area contributed by atoms with Crippen LogP contribution in [0.4, 0.5) is 0 Å². The summed E-state index contributed by atoms with van der Waals surface area (Å²) in [5, 5.41) is 14.4. The molecule has 1 aliphatic rings. The number of hydrogen-bond acceptors (Lipinski definition) is 4. The van der Waals surface area contributed by atoms with E-state index in [0.29, 0.717) is 48.2 Å². The van der Waals surface area contributed by atoms with E-state index in [1.54, 1.807) is 21.8 Å². The van der Waals surface area contributed by atoms with E-state index in [2.05, 4.69) is 5.10 Å². The predicted molar refractivity (Wildman–Crippen MR) is 105 cm³/mol. The molecule has 3 heterocycles. The van der Waals surface area contributed by atoms with Crippen molar-refractivity contribution in [2.45, 2.75) is 26.3 Å². The van der Waals surface area contributed by atoms with Gasteiger partial charge in [-0.25, -0.2) is 9.67 Å². The molecular weight excluding hydrogens is 356 g/mol. The number of aryl methyl sites for hydroxylation is 1. The molecule has 1 fully saturated rings. The number of aliphatic carboxylic acids is 1. The molecule has 0 unspecified atom stereocenters. The lowest BCUT2D eigenvalue weighted by molar-refractivity contribution is -0.143. The van der Waals surface area contributed by atoms with Gasteiger partial charge >= 0.3 is 5.97 Å². The zero-order valence-electron chi connectivity index (χ0n) is 15.7. The lowest BCUT2D eigenvalue weighted by Gasteiger charge is -2.31. The molecule has 0 saturated carbocycles. The van der Waals surface area contributed by atoms with E-state index in [4.69, 9.17) is 4.98 Å². The van der Waals surface area contributed by atoms with E-state index in [-0.39, 0.29) is 12.5 Å². The summed E-state index contributed by atoms with van der Waals surface area (Å²) in [6, 6.07) is 11.5. The maximum Gasteiger partial charge on any atom is 0.308 e. The molecule has 1 atom stereocenters. The zero-order valence-corrected chi connectivity index (χ0v) is 15.7. The van der Waals surface area contributed by atoms with E-state index in [0.717, 1.165) is 5.56 Å². The zero-order chi connectivity index (χ0) is 19.7. The third-order valence-electron chi connectivity index (χ3n) is 5.27. The number of piperidine rings is 1. The van der Waals surface area contributed by atoms with Crippen molar-refractivity contribution in [3.8, 4) is 11.3 Å². The van der Waals surface area contributed by atoms with Gasteiger partial charge in [-0.15, -0.1) is 0 Å². The number of carbonyl (C=O) groups excluding carboxylic acids is 1. The highest BCUT2D eigenvalue weighted by Crippen LogP contribution is 2.27. The minimum absolute atomic E-state index is 0.161. The fourth-order valence-electron chi connectivity index (χ4n) is 3.75. The topological polar surface area (TPSA) is 88.3 Å². The first kappa shape index (κ1) is 18.2. The third kappa shape index (κ3) is 3.24. The number of amides is 1. The number of carbonyl (C=O) groups is 2. The van der Waals surface area contributed by atoms with Crippen LogP contribution in [-0.4, -0.2) is 49.7 Å². The van der Waals surface area contributed by atoms with Crippen LogP contribution in [0.1, 0.15) is 30.1 Å². The third-order valence-corrected chi connectivity index (χ3v) is 5.27. The van der Waals surface area contributed by atoms with Crippen molar-refractivity contribution in [1.29, 1.82) is 0 Å². The van der Waals surface area contributed by atoms with Crippen molar-refractivity contribution in [3.05, 3.63) is 48.2 Å². The quantitative estimate of drug-likeness (QED) is 0.754. The number of rotatable bonds is 4. The molecule has 28 heavy (non-hydrogen) atoms. The number of carboxylic acid groups (broad SMARTS) is 1. The second kappa shape index (κ2) is 7.42. The average molecular weight is 378 g/mol. The van der Waals surface area contributed by atoms with E-state index in [1.165, 1.54) is 0 Å². The molecule has 1 aliphatic heterocycles. The molecule has 1 N–H and O–H groups in total. The van der Waals surface area contributed by atoms with Gasteiger partial charge < -0.3 is 10.0 Å². The molecule has 0 aliphatic carbocycles. The summed E-state index contributed by atoms with van der Waals surface area (Å²) in [6.45, 7) is 3.43. The van der Waals surface area contributed by atoms with Gasteiger partial charge in [-0.2, -0.15) is 5.10 Å². The number of pyridine rings is 1. The summed E-state index contributed by atoms with van der Waals surface area (Å²) in [7, 11) is 0. The Kier molecular flexibility index (Phi) is 4.81. The van der Waals surface area contributed by atoms with Crippen LogP contribution in [0.15, 0.2) is 42.6 Å². The highest BCUT2D eigenvalue weighted by Gasteiger charge is 2.30. The van der Waals surface area contributed by atoms with Gasteiger partial charge in [0.15, 0.2) is 5.65 Å². The van der Waals surface area contributed by atoms with E-state index >= 15 is 0 Å². The van der Waals surface area contributed by atoms with Gasteiger partial charge in [0.2, 0.25) is 0 Å². The van der Waals surface area contributed by atoms with Crippen molar-refractivity contribution in [2.75, 3.05) is 13.1 Å². The average Bonchev–Trinajstić information content (AvgIpc) is 3.16. The molecule has 4 rings (SSSR count). The first-order valence-electron chi connectivity index (χ1n) is 9.52. The number of benzene rings is 1. The number of carboxylic acids is 1. The van der Waals surface area contributed by atoms with Crippen molar-refractivity contribution in [3.63, 3.8) is 0 Å². The van der Waals surface area contributed by atoms with Gasteiger partial charge in [0.25, 0.3) is 5.91 Å². The Balaban J connectivity index is 1.80. The number of nitrogens with zero attached hydrogens (tertiary/aromatic N) is 4. The highest BCUT2D eigenvalue weighted by atomic mass is 16.4. The number of hydrogen-bond donors (Lipinski definition) is 1. The minimum atomic E-state index is -0.846. The van der Waals surface area contributed by atoms with Gasteiger partial charge in [-0.3, -0.25) is 9.59 Å². The van der Waals surface area contributed by atoms with Gasteiger partial charge in [0.05, 0.1) is 28.8 Å². The number of likely N-dealkylation sites (tertiary alicyclic amines) is 1. The van der Waals surface area contributed by atoms with E-state index < -0.39 is 11.9 Å². The molecule has 0 radical (unpaired) electrons. The van der Waals surface area contributed by atoms with Crippen molar-refractivity contribution in [1.82, 2.24) is 19.7 Å². The van der Waals surface area contributed by atoms with Crippen LogP contribution < -0.4 is 0 Å². The molecule has 0 bridgehead atoms. The summed E-state index contributed by atoms with van der Waals surface area (Å²) in [5.74, 6) is -1.52. The van der Waals surface area contributed by atoms with E-state index in [1.807, 2.05) is 37.3 Å². The van der Waals surface area contributed by atoms with Crippen LogP contribution >= 0.6 is 0 Å². The summed E-state index contributed by atoms with van der Waals surface area (Å²) in [5.41, 5.74) is 2.82. The van der Waals surface area contributed by atoms with Crippen LogP contribution in [-0.2, 0) is 11.3 Å².